The monoisotopic (exact) mass is 307 g/mol. The van der Waals surface area contributed by atoms with Gasteiger partial charge in [-0.25, -0.2) is 8.42 Å². The molecule has 4 heteroatoms. The summed E-state index contributed by atoms with van der Waals surface area (Å²) in [6.45, 7) is 2.91. The molecule has 0 bridgehead atoms. The van der Waals surface area contributed by atoms with Gasteiger partial charge in [0.15, 0.2) is 9.84 Å². The Hall–Kier alpha value is -0.870. The van der Waals surface area contributed by atoms with Gasteiger partial charge in [0, 0.05) is 6.04 Å². The normalized spacial score (nSPS) is 32.5. The Bertz CT molecular complexity index is 570. The molecule has 1 heterocycles. The van der Waals surface area contributed by atoms with E-state index in [4.69, 9.17) is 0 Å². The highest BCUT2D eigenvalue weighted by molar-refractivity contribution is 7.92. The number of sulfone groups is 1. The van der Waals surface area contributed by atoms with Crippen molar-refractivity contribution in [3.05, 3.63) is 35.9 Å². The molecule has 0 radical (unpaired) electrons. The molecule has 3 rings (SSSR count). The van der Waals surface area contributed by atoms with Crippen molar-refractivity contribution in [2.45, 2.75) is 49.8 Å². The predicted octanol–water partition coefficient (Wildman–Crippen LogP) is 2.74. The Labute approximate surface area is 128 Å². The van der Waals surface area contributed by atoms with Gasteiger partial charge in [0.2, 0.25) is 0 Å². The van der Waals surface area contributed by atoms with E-state index in [2.05, 4.69) is 36.5 Å². The Morgan fingerprint density at radius 1 is 1.24 bits per heavy atom. The van der Waals surface area contributed by atoms with E-state index in [0.717, 1.165) is 32.2 Å². The maximum absolute atomic E-state index is 12.4. The second-order valence-corrected chi connectivity index (χ2v) is 8.74. The maximum atomic E-state index is 12.4. The van der Waals surface area contributed by atoms with Crippen molar-refractivity contribution in [1.82, 2.24) is 5.32 Å². The molecule has 1 saturated carbocycles. The van der Waals surface area contributed by atoms with Crippen LogP contribution in [0.4, 0.5) is 0 Å². The van der Waals surface area contributed by atoms with Crippen molar-refractivity contribution in [2.24, 2.45) is 5.92 Å². The molecule has 116 valence electrons. The van der Waals surface area contributed by atoms with Crippen LogP contribution in [-0.4, -0.2) is 32.0 Å². The fourth-order valence-corrected chi connectivity index (χ4v) is 6.05. The number of benzene rings is 1. The molecule has 1 saturated heterocycles. The molecule has 1 aromatic rings. The standard InChI is InChI=1S/C17H25NO2S/c1-2-18-17(16-10-6-7-11-21(16,19)20)15-12-14(15)13-8-4-3-5-9-13/h3-5,8-9,14-18H,2,6-7,10-12H2,1H3. The van der Waals surface area contributed by atoms with Gasteiger partial charge in [0.1, 0.15) is 0 Å². The van der Waals surface area contributed by atoms with Crippen LogP contribution in [0.5, 0.6) is 0 Å². The molecule has 1 N–H and O–H groups in total. The topological polar surface area (TPSA) is 46.2 Å². The molecule has 2 fully saturated rings. The van der Waals surface area contributed by atoms with E-state index in [9.17, 15) is 8.42 Å². The minimum atomic E-state index is -2.92. The summed E-state index contributed by atoms with van der Waals surface area (Å²) >= 11 is 0. The molecule has 1 aromatic carbocycles. The van der Waals surface area contributed by atoms with Gasteiger partial charge in [-0.1, -0.05) is 43.7 Å². The van der Waals surface area contributed by atoms with Crippen molar-refractivity contribution in [3.8, 4) is 0 Å². The van der Waals surface area contributed by atoms with Crippen molar-refractivity contribution in [2.75, 3.05) is 12.3 Å². The lowest BCUT2D eigenvalue weighted by Crippen LogP contribution is -2.48. The number of hydrogen-bond acceptors (Lipinski definition) is 3. The molecule has 1 aliphatic heterocycles. The highest BCUT2D eigenvalue weighted by Crippen LogP contribution is 2.51. The van der Waals surface area contributed by atoms with Crippen LogP contribution in [0.25, 0.3) is 0 Å². The molecular formula is C17H25NO2S. The van der Waals surface area contributed by atoms with E-state index < -0.39 is 9.84 Å². The summed E-state index contributed by atoms with van der Waals surface area (Å²) in [5, 5.41) is 3.31. The van der Waals surface area contributed by atoms with Gasteiger partial charge in [-0.3, -0.25) is 0 Å². The molecular weight excluding hydrogens is 282 g/mol. The summed E-state index contributed by atoms with van der Waals surface area (Å²) < 4.78 is 24.9. The molecule has 2 aliphatic rings. The summed E-state index contributed by atoms with van der Waals surface area (Å²) in [5.41, 5.74) is 1.36. The van der Waals surface area contributed by atoms with Gasteiger partial charge in [0.05, 0.1) is 11.0 Å². The smallest absolute Gasteiger partial charge is 0.154 e. The van der Waals surface area contributed by atoms with E-state index in [0.29, 0.717) is 17.6 Å². The van der Waals surface area contributed by atoms with Gasteiger partial charge in [-0.05, 0) is 43.2 Å². The highest BCUT2D eigenvalue weighted by Gasteiger charge is 2.49. The van der Waals surface area contributed by atoms with Crippen LogP contribution >= 0.6 is 0 Å². The van der Waals surface area contributed by atoms with Crippen molar-refractivity contribution >= 4 is 9.84 Å². The second kappa shape index (κ2) is 6.09. The van der Waals surface area contributed by atoms with Crippen LogP contribution in [-0.2, 0) is 9.84 Å². The first-order valence-corrected chi connectivity index (χ1v) is 9.85. The lowest BCUT2D eigenvalue weighted by atomic mass is 9.99. The zero-order chi connectivity index (χ0) is 14.9. The second-order valence-electron chi connectivity index (χ2n) is 6.40. The van der Waals surface area contributed by atoms with Crippen LogP contribution in [0.15, 0.2) is 30.3 Å². The first kappa shape index (κ1) is 15.0. The van der Waals surface area contributed by atoms with Crippen LogP contribution in [0.2, 0.25) is 0 Å². The average Bonchev–Trinajstić information content (AvgIpc) is 3.26. The minimum absolute atomic E-state index is 0.130. The van der Waals surface area contributed by atoms with Crippen molar-refractivity contribution < 1.29 is 8.42 Å². The third-order valence-corrected chi connectivity index (χ3v) is 7.31. The van der Waals surface area contributed by atoms with Gasteiger partial charge in [-0.15, -0.1) is 0 Å². The van der Waals surface area contributed by atoms with E-state index >= 15 is 0 Å². The zero-order valence-corrected chi connectivity index (χ0v) is 13.5. The fraction of sp³-hybridized carbons (Fsp3) is 0.647. The van der Waals surface area contributed by atoms with E-state index in [-0.39, 0.29) is 11.3 Å². The van der Waals surface area contributed by atoms with E-state index in [1.165, 1.54) is 5.56 Å². The first-order valence-electron chi connectivity index (χ1n) is 8.13. The van der Waals surface area contributed by atoms with Crippen molar-refractivity contribution in [3.63, 3.8) is 0 Å². The Kier molecular flexibility index (Phi) is 4.36. The van der Waals surface area contributed by atoms with E-state index in [1.807, 2.05) is 6.07 Å². The van der Waals surface area contributed by atoms with Gasteiger partial charge < -0.3 is 5.32 Å². The maximum Gasteiger partial charge on any atom is 0.154 e. The molecule has 0 spiro atoms. The number of hydrogen-bond donors (Lipinski definition) is 1. The largest absolute Gasteiger partial charge is 0.313 e. The first-order chi connectivity index (χ1) is 10.1. The van der Waals surface area contributed by atoms with Crippen LogP contribution in [0.1, 0.15) is 44.1 Å². The lowest BCUT2D eigenvalue weighted by molar-refractivity contribution is 0.405. The molecule has 0 aromatic heterocycles. The fourth-order valence-electron chi connectivity index (χ4n) is 3.87. The quantitative estimate of drug-likeness (QED) is 0.910. The molecule has 3 nitrogen and oxygen atoms in total. The summed E-state index contributed by atoms with van der Waals surface area (Å²) in [5.74, 6) is 1.39. The summed E-state index contributed by atoms with van der Waals surface area (Å²) in [7, 11) is -2.92. The lowest BCUT2D eigenvalue weighted by Gasteiger charge is -2.31. The average molecular weight is 307 g/mol. The van der Waals surface area contributed by atoms with Gasteiger partial charge in [0.25, 0.3) is 0 Å². The summed E-state index contributed by atoms with van der Waals surface area (Å²) in [6.07, 6.45) is 3.84. The predicted molar refractivity (Wildman–Crippen MR) is 86.2 cm³/mol. The Morgan fingerprint density at radius 3 is 2.67 bits per heavy atom. The van der Waals surface area contributed by atoms with Crippen LogP contribution in [0.3, 0.4) is 0 Å². The minimum Gasteiger partial charge on any atom is -0.313 e. The van der Waals surface area contributed by atoms with Crippen LogP contribution < -0.4 is 5.32 Å². The Balaban J connectivity index is 1.77. The number of nitrogens with one attached hydrogen (secondary N) is 1. The SMILES string of the molecule is CCNC(C1CC1c1ccccc1)C1CCCCS1(=O)=O. The summed E-state index contributed by atoms with van der Waals surface area (Å²) in [6, 6.07) is 10.7. The molecule has 0 amide bonds. The molecule has 4 atom stereocenters. The van der Waals surface area contributed by atoms with Crippen molar-refractivity contribution in [1.29, 1.82) is 0 Å². The third kappa shape index (κ3) is 3.16. The van der Waals surface area contributed by atoms with Gasteiger partial charge >= 0.3 is 0 Å². The third-order valence-electron chi connectivity index (χ3n) is 5.00. The molecule has 4 unspecified atom stereocenters. The highest BCUT2D eigenvalue weighted by atomic mass is 32.2. The molecule has 1 aliphatic carbocycles. The van der Waals surface area contributed by atoms with Gasteiger partial charge in [-0.2, -0.15) is 0 Å². The number of rotatable bonds is 5. The molecule has 21 heavy (non-hydrogen) atoms. The Morgan fingerprint density at radius 2 is 2.00 bits per heavy atom. The van der Waals surface area contributed by atoms with E-state index in [1.54, 1.807) is 0 Å². The zero-order valence-electron chi connectivity index (χ0n) is 12.7. The van der Waals surface area contributed by atoms with Crippen LogP contribution in [0, 0.1) is 5.92 Å². The summed E-state index contributed by atoms with van der Waals surface area (Å²) in [4.78, 5) is 0.